The van der Waals surface area contributed by atoms with Crippen LogP contribution in [0.2, 0.25) is 0 Å². The summed E-state index contributed by atoms with van der Waals surface area (Å²) in [5.41, 5.74) is 5.10. The maximum absolute atomic E-state index is 14.4. The average Bonchev–Trinajstić information content (AvgIpc) is 3.06. The molecule has 6 rings (SSSR count). The van der Waals surface area contributed by atoms with Crippen molar-refractivity contribution in [1.82, 2.24) is 4.90 Å². The van der Waals surface area contributed by atoms with E-state index in [9.17, 15) is 19.2 Å². The smallest absolute Gasteiger partial charge is 0.257 e. The first-order valence-electron chi connectivity index (χ1n) is 12.6. The first-order chi connectivity index (χ1) is 16.0. The predicted octanol–water partition coefficient (Wildman–Crippen LogP) is 3.65. The number of imide groups is 1. The van der Waals surface area contributed by atoms with Gasteiger partial charge in [-0.3, -0.25) is 19.2 Å². The fraction of sp³-hybridized carbons (Fsp3) is 0.630. The first-order valence-corrected chi connectivity index (χ1v) is 12.6. The largest absolute Gasteiger partial charge is 0.366 e. The molecule has 5 fully saturated rings. The molecule has 1 heterocycles. The number of amides is 4. The summed E-state index contributed by atoms with van der Waals surface area (Å²) in [7, 11) is 0. The lowest BCUT2D eigenvalue weighted by atomic mass is 9.49. The van der Waals surface area contributed by atoms with Crippen molar-refractivity contribution in [2.45, 2.75) is 83.7 Å². The molecular weight excluding hydrogens is 430 g/mol. The highest BCUT2D eigenvalue weighted by Crippen LogP contribution is 2.61. The van der Waals surface area contributed by atoms with Gasteiger partial charge in [0, 0.05) is 11.1 Å². The molecule has 4 saturated carbocycles. The third-order valence-corrected chi connectivity index (χ3v) is 9.07. The summed E-state index contributed by atoms with van der Waals surface area (Å²) in [6.45, 7) is 6.04. The van der Waals surface area contributed by atoms with Crippen molar-refractivity contribution in [2.75, 3.05) is 4.90 Å². The van der Waals surface area contributed by atoms with E-state index in [1.54, 1.807) is 17.0 Å². The van der Waals surface area contributed by atoms with Crippen LogP contribution in [0.15, 0.2) is 24.3 Å². The Balaban J connectivity index is 1.47. The summed E-state index contributed by atoms with van der Waals surface area (Å²) in [5.74, 6) is 0.665. The maximum atomic E-state index is 14.4. The van der Waals surface area contributed by atoms with Gasteiger partial charge in [-0.25, -0.2) is 4.90 Å². The van der Waals surface area contributed by atoms with Crippen LogP contribution in [0.3, 0.4) is 0 Å². The van der Waals surface area contributed by atoms with Gasteiger partial charge >= 0.3 is 0 Å². The fourth-order valence-corrected chi connectivity index (χ4v) is 7.50. The van der Waals surface area contributed by atoms with Gasteiger partial charge in [-0.2, -0.15) is 0 Å². The van der Waals surface area contributed by atoms with E-state index in [1.807, 2.05) is 20.8 Å². The molecule has 0 aromatic heterocycles. The summed E-state index contributed by atoms with van der Waals surface area (Å²) >= 11 is 0. The molecule has 2 N–H and O–H groups in total. The molecule has 182 valence electrons. The molecule has 1 unspecified atom stereocenters. The highest BCUT2D eigenvalue weighted by molar-refractivity contribution is 6.23. The summed E-state index contributed by atoms with van der Waals surface area (Å²) in [5, 5.41) is 0. The Morgan fingerprint density at radius 2 is 1.56 bits per heavy atom. The van der Waals surface area contributed by atoms with Crippen LogP contribution in [0.5, 0.6) is 0 Å². The lowest BCUT2D eigenvalue weighted by Gasteiger charge is -2.58. The Bertz CT molecular complexity index is 1010. The van der Waals surface area contributed by atoms with Gasteiger partial charge in [0.25, 0.3) is 5.91 Å². The molecule has 34 heavy (non-hydrogen) atoms. The highest BCUT2D eigenvalue weighted by Gasteiger charge is 2.59. The van der Waals surface area contributed by atoms with Gasteiger partial charge in [-0.1, -0.05) is 6.92 Å². The zero-order valence-electron chi connectivity index (χ0n) is 20.4. The van der Waals surface area contributed by atoms with Gasteiger partial charge in [0.1, 0.15) is 6.04 Å². The van der Waals surface area contributed by atoms with Gasteiger partial charge < -0.3 is 10.6 Å². The molecule has 7 heteroatoms. The zero-order chi connectivity index (χ0) is 24.4. The second-order valence-corrected chi connectivity index (χ2v) is 11.7. The van der Waals surface area contributed by atoms with Crippen LogP contribution in [0, 0.1) is 23.2 Å². The number of benzene rings is 1. The molecule has 0 radical (unpaired) electrons. The molecule has 0 spiro atoms. The minimum Gasteiger partial charge on any atom is -0.366 e. The number of anilines is 1. The summed E-state index contributed by atoms with van der Waals surface area (Å²) in [6, 6.07) is 5.35. The van der Waals surface area contributed by atoms with Crippen molar-refractivity contribution >= 4 is 29.3 Å². The molecule has 5 aliphatic rings. The third kappa shape index (κ3) is 3.55. The van der Waals surface area contributed by atoms with Crippen LogP contribution >= 0.6 is 0 Å². The van der Waals surface area contributed by atoms with E-state index in [4.69, 9.17) is 5.73 Å². The normalized spacial score (nSPS) is 32.4. The Morgan fingerprint density at radius 3 is 2.03 bits per heavy atom. The number of nitrogens with two attached hydrogens (primary N) is 1. The predicted molar refractivity (Wildman–Crippen MR) is 128 cm³/mol. The zero-order valence-corrected chi connectivity index (χ0v) is 20.4. The molecule has 1 saturated heterocycles. The highest BCUT2D eigenvalue weighted by atomic mass is 16.2. The number of hydrogen-bond donors (Lipinski definition) is 1. The molecule has 1 aromatic rings. The van der Waals surface area contributed by atoms with Crippen molar-refractivity contribution in [2.24, 2.45) is 28.9 Å². The minimum atomic E-state index is -0.807. The van der Waals surface area contributed by atoms with Crippen LogP contribution in [0.25, 0.3) is 0 Å². The maximum Gasteiger partial charge on any atom is 0.257 e. The third-order valence-electron chi connectivity index (χ3n) is 9.07. The van der Waals surface area contributed by atoms with Gasteiger partial charge in [-0.15, -0.1) is 0 Å². The van der Waals surface area contributed by atoms with Crippen LogP contribution in [0.1, 0.15) is 82.5 Å². The quantitative estimate of drug-likeness (QED) is 0.648. The molecular formula is C27H35N3O4. The van der Waals surface area contributed by atoms with E-state index < -0.39 is 17.5 Å². The van der Waals surface area contributed by atoms with Gasteiger partial charge in [0.2, 0.25) is 17.7 Å². The van der Waals surface area contributed by atoms with Crippen LogP contribution in [-0.2, 0) is 14.4 Å². The Labute approximate surface area is 201 Å². The molecule has 7 nitrogen and oxygen atoms in total. The van der Waals surface area contributed by atoms with Crippen molar-refractivity contribution in [3.05, 3.63) is 29.8 Å². The van der Waals surface area contributed by atoms with Gasteiger partial charge in [0.15, 0.2) is 0 Å². The lowest BCUT2D eigenvalue weighted by Crippen LogP contribution is -2.62. The SMILES string of the molecule is CCC(C)(C)N(C(=O)C12CC3CC(CC(C3)C1)C2)C1CC(=O)N(c2ccc(C(N)=O)cc2)C1=O. The van der Waals surface area contributed by atoms with E-state index in [0.29, 0.717) is 35.4 Å². The van der Waals surface area contributed by atoms with Gasteiger partial charge in [0.05, 0.1) is 17.5 Å². The number of carbonyl (C=O) groups is 4. The van der Waals surface area contributed by atoms with Crippen LogP contribution < -0.4 is 10.6 Å². The second kappa shape index (κ2) is 7.92. The first kappa shape index (κ1) is 23.1. The standard InChI is InChI=1S/C27H35N3O4/c1-4-26(2,3)30(25(34)27-13-16-9-17(14-27)11-18(10-16)15-27)21-12-22(31)29(24(21)33)20-7-5-19(6-8-20)23(28)32/h5-8,16-18,21H,4,9-15H2,1-3H3,(H2,28,32). The monoisotopic (exact) mass is 465 g/mol. The van der Waals surface area contributed by atoms with Crippen molar-refractivity contribution < 1.29 is 19.2 Å². The van der Waals surface area contributed by atoms with E-state index >= 15 is 0 Å². The number of rotatable bonds is 6. The van der Waals surface area contributed by atoms with E-state index in [2.05, 4.69) is 0 Å². The summed E-state index contributed by atoms with van der Waals surface area (Å²) in [4.78, 5) is 55.5. The Morgan fingerprint density at radius 1 is 1.03 bits per heavy atom. The van der Waals surface area contributed by atoms with E-state index in [0.717, 1.165) is 19.3 Å². The number of carbonyl (C=O) groups excluding carboxylic acids is 4. The van der Waals surface area contributed by atoms with Gasteiger partial charge in [-0.05, 0) is 101 Å². The molecule has 4 aliphatic carbocycles. The van der Waals surface area contributed by atoms with Crippen LogP contribution in [-0.4, -0.2) is 40.1 Å². The van der Waals surface area contributed by atoms with E-state index in [1.165, 1.54) is 36.3 Å². The summed E-state index contributed by atoms with van der Waals surface area (Å²) in [6.07, 6.45) is 7.14. The number of primary amides is 1. The number of hydrogen-bond acceptors (Lipinski definition) is 4. The number of nitrogens with zero attached hydrogens (tertiary/aromatic N) is 2. The molecule has 1 aliphatic heterocycles. The fourth-order valence-electron chi connectivity index (χ4n) is 7.50. The van der Waals surface area contributed by atoms with Crippen molar-refractivity contribution in [1.29, 1.82) is 0 Å². The molecule has 4 bridgehead atoms. The summed E-state index contributed by atoms with van der Waals surface area (Å²) < 4.78 is 0. The average molecular weight is 466 g/mol. The van der Waals surface area contributed by atoms with E-state index in [-0.39, 0.29) is 29.6 Å². The van der Waals surface area contributed by atoms with Crippen molar-refractivity contribution in [3.63, 3.8) is 0 Å². The van der Waals surface area contributed by atoms with Crippen molar-refractivity contribution in [3.8, 4) is 0 Å². The molecule has 4 amide bonds. The minimum absolute atomic E-state index is 0.0159. The Kier molecular flexibility index (Phi) is 5.37. The lowest BCUT2D eigenvalue weighted by molar-refractivity contribution is -0.168. The molecule has 1 aromatic carbocycles. The Hall–Kier alpha value is -2.70. The topological polar surface area (TPSA) is 101 Å². The molecule has 1 atom stereocenters. The van der Waals surface area contributed by atoms with Crippen LogP contribution in [0.4, 0.5) is 5.69 Å². The second-order valence-electron chi connectivity index (χ2n) is 11.7.